The van der Waals surface area contributed by atoms with Crippen molar-refractivity contribution >= 4 is 34.9 Å². The van der Waals surface area contributed by atoms with Crippen LogP contribution in [0.1, 0.15) is 29.9 Å². The molecule has 0 spiro atoms. The molecule has 0 radical (unpaired) electrons. The average molecular weight is 353 g/mol. The minimum atomic E-state index is -0.708. The lowest BCUT2D eigenvalue weighted by atomic mass is 10.1. The van der Waals surface area contributed by atoms with Gasteiger partial charge in [0.1, 0.15) is 5.69 Å². The zero-order chi connectivity index (χ0) is 17.1. The first-order valence-electron chi connectivity index (χ1n) is 6.85. The molecular formula is C16H14Cl2N2O3. The Morgan fingerprint density at radius 2 is 1.83 bits per heavy atom. The molecule has 0 amide bonds. The summed E-state index contributed by atoms with van der Waals surface area (Å²) in [6.07, 6.45) is -0.337. The molecule has 0 saturated carbocycles. The van der Waals surface area contributed by atoms with Crippen LogP contribution in [0, 0.1) is 11.8 Å². The number of hydrogen-bond acceptors (Lipinski definition) is 5. The van der Waals surface area contributed by atoms with Gasteiger partial charge in [0.15, 0.2) is 5.69 Å². The zero-order valence-electron chi connectivity index (χ0n) is 12.8. The Labute approximate surface area is 143 Å². The van der Waals surface area contributed by atoms with Gasteiger partial charge in [-0.1, -0.05) is 23.2 Å². The van der Waals surface area contributed by atoms with E-state index in [0.717, 1.165) is 5.56 Å². The van der Waals surface area contributed by atoms with Gasteiger partial charge in [-0.25, -0.2) is 9.78 Å². The van der Waals surface area contributed by atoms with Crippen LogP contribution in [0.2, 0.25) is 10.0 Å². The molecule has 0 atom stereocenters. The van der Waals surface area contributed by atoms with E-state index in [1.54, 1.807) is 39.0 Å². The van der Waals surface area contributed by atoms with E-state index < -0.39 is 5.97 Å². The Morgan fingerprint density at radius 3 is 2.35 bits per heavy atom. The third-order valence-electron chi connectivity index (χ3n) is 3.09. The highest BCUT2D eigenvalue weighted by molar-refractivity contribution is 6.36. The van der Waals surface area contributed by atoms with Crippen LogP contribution >= 0.6 is 23.2 Å². The number of hydrogen-bond donors (Lipinski definition) is 0. The van der Waals surface area contributed by atoms with Crippen LogP contribution in [0.25, 0.3) is 11.3 Å². The second kappa shape index (κ2) is 7.06. The summed E-state index contributed by atoms with van der Waals surface area (Å²) >= 11 is 12.3. The van der Waals surface area contributed by atoms with Crippen molar-refractivity contribution in [2.45, 2.75) is 26.9 Å². The van der Waals surface area contributed by atoms with Crippen LogP contribution in [0.5, 0.6) is 0 Å². The summed E-state index contributed by atoms with van der Waals surface area (Å²) in [6, 6.07) is 6.36. The molecule has 5 nitrogen and oxygen atoms in total. The number of ether oxygens (including phenoxy) is 1. The minimum Gasteiger partial charge on any atom is -0.458 e. The van der Waals surface area contributed by atoms with E-state index in [9.17, 15) is 9.70 Å². The molecule has 2 aromatic rings. The van der Waals surface area contributed by atoms with E-state index in [-0.39, 0.29) is 17.5 Å². The van der Waals surface area contributed by atoms with Crippen molar-refractivity contribution < 1.29 is 9.53 Å². The minimum absolute atomic E-state index is 0.0799. The molecule has 2 rings (SSSR count). The number of esters is 1. The second-order valence-electron chi connectivity index (χ2n) is 5.17. The van der Waals surface area contributed by atoms with Crippen LogP contribution in [0.3, 0.4) is 0 Å². The Balaban J connectivity index is 2.53. The Morgan fingerprint density at radius 1 is 1.22 bits per heavy atom. The molecule has 0 aliphatic carbocycles. The summed E-state index contributed by atoms with van der Waals surface area (Å²) in [4.78, 5) is 27.1. The fourth-order valence-electron chi connectivity index (χ4n) is 1.90. The number of benzene rings is 1. The van der Waals surface area contributed by atoms with Crippen LogP contribution in [-0.2, 0) is 4.74 Å². The van der Waals surface area contributed by atoms with Crippen molar-refractivity contribution in [2.24, 2.45) is 5.18 Å². The van der Waals surface area contributed by atoms with Gasteiger partial charge in [-0.2, -0.15) is 0 Å². The lowest BCUT2D eigenvalue weighted by Crippen LogP contribution is -2.13. The van der Waals surface area contributed by atoms with Crippen molar-refractivity contribution in [3.8, 4) is 11.3 Å². The van der Waals surface area contributed by atoms with E-state index in [2.05, 4.69) is 10.2 Å². The SMILES string of the molecule is Cc1c(Cl)cc(-c2ccc(N=O)c(C(=O)OC(C)C)n2)cc1Cl. The number of rotatable bonds is 4. The summed E-state index contributed by atoms with van der Waals surface area (Å²) in [7, 11) is 0. The van der Waals surface area contributed by atoms with Crippen LogP contribution in [-0.4, -0.2) is 17.1 Å². The molecule has 0 aliphatic heterocycles. The van der Waals surface area contributed by atoms with Gasteiger partial charge in [-0.15, -0.1) is 4.91 Å². The van der Waals surface area contributed by atoms with Gasteiger partial charge in [-0.3, -0.25) is 0 Å². The molecule has 7 heteroatoms. The fourth-order valence-corrected chi connectivity index (χ4v) is 2.39. The number of nitroso groups, excluding NO2 is 1. The molecule has 0 bridgehead atoms. The largest absolute Gasteiger partial charge is 0.458 e. The maximum atomic E-state index is 12.1. The smallest absolute Gasteiger partial charge is 0.359 e. The molecule has 1 aromatic heterocycles. The lowest BCUT2D eigenvalue weighted by molar-refractivity contribution is 0.0372. The number of carbonyl (C=O) groups excluding carboxylic acids is 1. The van der Waals surface area contributed by atoms with Gasteiger partial charge in [0.25, 0.3) is 0 Å². The van der Waals surface area contributed by atoms with Gasteiger partial charge in [-0.05, 0) is 55.8 Å². The van der Waals surface area contributed by atoms with E-state index in [1.165, 1.54) is 6.07 Å². The third kappa shape index (κ3) is 3.86. The fraction of sp³-hybridized carbons (Fsp3) is 0.250. The van der Waals surface area contributed by atoms with Gasteiger partial charge in [0.2, 0.25) is 0 Å². The Kier molecular flexibility index (Phi) is 5.34. The van der Waals surface area contributed by atoms with Gasteiger partial charge >= 0.3 is 5.97 Å². The Bertz CT molecular complexity index is 753. The summed E-state index contributed by atoms with van der Waals surface area (Å²) in [5, 5.41) is 3.79. The molecule has 0 N–H and O–H groups in total. The number of aromatic nitrogens is 1. The number of carbonyl (C=O) groups is 1. The standard InChI is InChI=1S/C16H14Cl2N2O3/c1-8(2)23-16(21)15-14(20-22)5-4-13(19-15)10-6-11(17)9(3)12(18)7-10/h4-8H,1-3H3. The monoisotopic (exact) mass is 352 g/mol. The van der Waals surface area contributed by atoms with E-state index in [4.69, 9.17) is 27.9 Å². The van der Waals surface area contributed by atoms with Crippen LogP contribution in [0.4, 0.5) is 5.69 Å². The summed E-state index contributed by atoms with van der Waals surface area (Å²) in [5.41, 5.74) is 1.60. The predicted molar refractivity (Wildman–Crippen MR) is 90.4 cm³/mol. The molecule has 0 aliphatic rings. The van der Waals surface area contributed by atoms with Gasteiger partial charge in [0, 0.05) is 15.6 Å². The molecule has 1 heterocycles. The first kappa shape index (κ1) is 17.4. The average Bonchev–Trinajstić information content (AvgIpc) is 2.50. The Hall–Kier alpha value is -1.98. The van der Waals surface area contributed by atoms with Gasteiger partial charge in [0.05, 0.1) is 11.8 Å². The summed E-state index contributed by atoms with van der Waals surface area (Å²) in [6.45, 7) is 5.21. The summed E-state index contributed by atoms with van der Waals surface area (Å²) in [5.74, 6) is -0.708. The van der Waals surface area contributed by atoms with Crippen LogP contribution in [0.15, 0.2) is 29.4 Å². The summed E-state index contributed by atoms with van der Waals surface area (Å²) < 4.78 is 5.08. The molecule has 0 fully saturated rings. The van der Waals surface area contributed by atoms with Crippen molar-refractivity contribution in [1.82, 2.24) is 4.98 Å². The number of nitrogens with zero attached hydrogens (tertiary/aromatic N) is 2. The highest BCUT2D eigenvalue weighted by Crippen LogP contribution is 2.31. The van der Waals surface area contributed by atoms with Crippen LogP contribution < -0.4 is 0 Å². The van der Waals surface area contributed by atoms with Crippen molar-refractivity contribution in [3.05, 3.63) is 50.5 Å². The van der Waals surface area contributed by atoms with E-state index in [1.807, 2.05) is 0 Å². The molecule has 1 aromatic carbocycles. The molecule has 0 saturated heterocycles. The van der Waals surface area contributed by atoms with Crippen molar-refractivity contribution in [2.75, 3.05) is 0 Å². The second-order valence-corrected chi connectivity index (χ2v) is 5.99. The topological polar surface area (TPSA) is 68.6 Å². The maximum Gasteiger partial charge on any atom is 0.359 e. The molecular weight excluding hydrogens is 339 g/mol. The molecule has 23 heavy (non-hydrogen) atoms. The van der Waals surface area contributed by atoms with Crippen molar-refractivity contribution in [3.63, 3.8) is 0 Å². The highest BCUT2D eigenvalue weighted by Gasteiger charge is 2.19. The molecule has 0 unspecified atom stereocenters. The normalized spacial score (nSPS) is 10.7. The zero-order valence-corrected chi connectivity index (χ0v) is 14.3. The lowest BCUT2D eigenvalue weighted by Gasteiger charge is -2.10. The van der Waals surface area contributed by atoms with E-state index in [0.29, 0.717) is 21.3 Å². The predicted octanol–water partition coefficient (Wildman–Crippen LogP) is 5.33. The van der Waals surface area contributed by atoms with Gasteiger partial charge < -0.3 is 4.74 Å². The first-order chi connectivity index (χ1) is 10.8. The first-order valence-corrected chi connectivity index (χ1v) is 7.60. The highest BCUT2D eigenvalue weighted by atomic mass is 35.5. The maximum absolute atomic E-state index is 12.1. The third-order valence-corrected chi connectivity index (χ3v) is 3.87. The molecule has 120 valence electrons. The number of pyridine rings is 1. The quantitative estimate of drug-likeness (QED) is 0.550. The number of halogens is 2. The van der Waals surface area contributed by atoms with Crippen molar-refractivity contribution in [1.29, 1.82) is 0 Å². The van der Waals surface area contributed by atoms with E-state index >= 15 is 0 Å².